The monoisotopic (exact) mass is 620 g/mol. The average Bonchev–Trinajstić information content (AvgIpc) is 3.44. The van der Waals surface area contributed by atoms with E-state index in [1.165, 1.54) is 43.8 Å². The van der Waals surface area contributed by atoms with Crippen molar-refractivity contribution in [2.45, 2.75) is 52.6 Å². The molecule has 1 fully saturated rings. The zero-order valence-electron chi connectivity index (χ0n) is 18.4. The Labute approximate surface area is 209 Å². The number of fused-ring (bicyclic) bond motifs is 2. The Hall–Kier alpha value is -0.673. The zero-order valence-corrected chi connectivity index (χ0v) is 24.5. The van der Waals surface area contributed by atoms with E-state index in [0.29, 0.717) is 5.49 Å². The number of rotatable bonds is 0. The van der Waals surface area contributed by atoms with Crippen molar-refractivity contribution >= 4 is 27.0 Å². The van der Waals surface area contributed by atoms with Crippen molar-refractivity contribution in [1.29, 1.82) is 0 Å². The van der Waals surface area contributed by atoms with Gasteiger partial charge in [-0.3, -0.25) is 0 Å². The fraction of sp³-hybridized carbons (Fsp3) is 0.308. The van der Waals surface area contributed by atoms with Crippen LogP contribution < -0.4 is 24.8 Å². The molecule has 4 aromatic carbocycles. The van der Waals surface area contributed by atoms with Crippen molar-refractivity contribution in [1.82, 2.24) is 0 Å². The summed E-state index contributed by atoms with van der Waals surface area (Å²) in [5.41, 5.74) is 5.87. The van der Waals surface area contributed by atoms with E-state index in [1.54, 1.807) is 47.9 Å². The van der Waals surface area contributed by atoms with Crippen LogP contribution in [0, 0.1) is 27.7 Å². The van der Waals surface area contributed by atoms with Gasteiger partial charge in [0, 0.05) is 0 Å². The molecule has 5 rings (SSSR count). The van der Waals surface area contributed by atoms with Crippen molar-refractivity contribution in [2.24, 2.45) is 0 Å². The molecule has 1 heterocycles. The number of halogens is 2. The molecule has 0 saturated carbocycles. The van der Waals surface area contributed by atoms with Gasteiger partial charge in [-0.2, -0.15) is 24.3 Å². The fourth-order valence-corrected chi connectivity index (χ4v) is 9.29. The van der Waals surface area contributed by atoms with E-state index in [1.807, 2.05) is 0 Å². The summed E-state index contributed by atoms with van der Waals surface area (Å²) in [6, 6.07) is 25.0. The summed E-state index contributed by atoms with van der Waals surface area (Å²) >= 11 is 1.55. The van der Waals surface area contributed by atoms with E-state index in [-0.39, 0.29) is 24.8 Å². The van der Waals surface area contributed by atoms with Crippen molar-refractivity contribution in [3.05, 3.63) is 82.9 Å². The van der Waals surface area contributed by atoms with Crippen LogP contribution in [0.5, 0.6) is 0 Å². The van der Waals surface area contributed by atoms with Gasteiger partial charge in [-0.05, 0) is 13.8 Å². The zero-order chi connectivity index (χ0) is 20.1. The summed E-state index contributed by atoms with van der Waals surface area (Å²) in [4.78, 5) is 0. The van der Waals surface area contributed by atoms with Crippen LogP contribution in [0.2, 0.25) is 12.1 Å². The predicted octanol–water partition coefficient (Wildman–Crippen LogP) is 1.68. The Morgan fingerprint density at radius 3 is 1.30 bits per heavy atom. The molecule has 0 bridgehead atoms. The predicted molar refractivity (Wildman–Crippen MR) is 123 cm³/mol. The molecule has 4 aromatic rings. The second-order valence-corrected chi connectivity index (χ2v) is 17.7. The third kappa shape index (κ3) is 6.92. The average molecular weight is 620 g/mol. The van der Waals surface area contributed by atoms with Crippen molar-refractivity contribution in [3.8, 4) is 0 Å². The quantitative estimate of drug-likeness (QED) is 0.208. The van der Waals surface area contributed by atoms with Gasteiger partial charge in [-0.15, -0.1) is 56.9 Å². The van der Waals surface area contributed by atoms with Crippen molar-refractivity contribution < 1.29 is 47.8 Å². The number of aryl methyl sites for hydroxylation is 4. The van der Waals surface area contributed by atoms with Crippen molar-refractivity contribution in [2.75, 3.05) is 0 Å². The van der Waals surface area contributed by atoms with Crippen LogP contribution >= 0.6 is 0 Å². The van der Waals surface area contributed by atoms with Crippen LogP contribution in [0.25, 0.3) is 21.5 Å². The molecule has 0 radical (unpaired) electrons. The molecule has 0 amide bonds. The second kappa shape index (κ2) is 13.0. The van der Waals surface area contributed by atoms with Gasteiger partial charge >= 0.3 is 53.4 Å². The molecule has 1 saturated heterocycles. The Balaban J connectivity index is 0.000000227. The molecule has 1 aliphatic rings. The Kier molecular flexibility index (Phi) is 11.9. The van der Waals surface area contributed by atoms with Gasteiger partial charge in [-0.25, -0.2) is 0 Å². The van der Waals surface area contributed by atoms with Gasteiger partial charge in [0.1, 0.15) is 0 Å². The SMILES string of the molecule is Cc1ccc(C)c2[cH-]ccc12.Cc1ccc(C)c2[cH-]ccc12.[Cl-].[Cl-].[Hf+2]=[Si]1CCCC1. The molecule has 0 unspecified atom stereocenters. The van der Waals surface area contributed by atoms with Gasteiger partial charge in [-0.1, -0.05) is 37.1 Å². The first kappa shape index (κ1) is 27.4. The second-order valence-electron chi connectivity index (χ2n) is 7.92. The first-order chi connectivity index (χ1) is 13.5. The van der Waals surface area contributed by atoms with Crippen LogP contribution in [0.15, 0.2) is 60.7 Å². The third-order valence-corrected chi connectivity index (χ3v) is 13.0. The molecule has 158 valence electrons. The maximum absolute atomic E-state index is 2.18. The first-order valence-corrected chi connectivity index (χ1v) is 17.6. The molecule has 1 aliphatic heterocycles. The van der Waals surface area contributed by atoms with Crippen LogP contribution in [-0.4, -0.2) is 5.49 Å². The number of hydrogen-bond acceptors (Lipinski definition) is 0. The van der Waals surface area contributed by atoms with Gasteiger partial charge in [0.05, 0.1) is 0 Å². The standard InChI is InChI=1S/2C11H11.C4H8Si.2ClH.Hf/c2*1-8-6-7-9(2)11-5-3-4-10(8)11;1-2-4-5-3-1;;;/h2*3-7H,1-2H3;1-4H2;2*1H;/q2*-1;;;;+2/p-2. The first-order valence-electron chi connectivity index (χ1n) is 10.3. The Morgan fingerprint density at radius 2 is 1.00 bits per heavy atom. The molecule has 0 nitrogen and oxygen atoms in total. The molecule has 30 heavy (non-hydrogen) atoms. The fourth-order valence-electron chi connectivity index (χ4n) is 3.88. The normalized spacial score (nSPS) is 12.4. The molecular weight excluding hydrogens is 590 g/mol. The molecule has 0 atom stereocenters. The topological polar surface area (TPSA) is 0 Å². The summed E-state index contributed by atoms with van der Waals surface area (Å²) in [6.07, 6.45) is 3.13. The minimum atomic E-state index is 0. The van der Waals surface area contributed by atoms with Gasteiger partial charge in [0.25, 0.3) is 0 Å². The van der Waals surface area contributed by atoms with E-state index in [0.717, 1.165) is 0 Å². The Morgan fingerprint density at radius 1 is 0.633 bits per heavy atom. The van der Waals surface area contributed by atoms with E-state index in [2.05, 4.69) is 88.4 Å². The Bertz CT molecular complexity index is 933. The van der Waals surface area contributed by atoms with Crippen LogP contribution in [-0.2, 0) is 23.0 Å². The molecule has 0 N–H and O–H groups in total. The van der Waals surface area contributed by atoms with E-state index < -0.39 is 0 Å². The summed E-state index contributed by atoms with van der Waals surface area (Å²) in [5.74, 6) is 0. The van der Waals surface area contributed by atoms with Crippen LogP contribution in [0.4, 0.5) is 0 Å². The number of hydrogen-bond donors (Lipinski definition) is 0. The van der Waals surface area contributed by atoms with Gasteiger partial charge in [0.2, 0.25) is 0 Å². The van der Waals surface area contributed by atoms with Gasteiger partial charge in [0.15, 0.2) is 0 Å². The minimum absolute atomic E-state index is 0. The van der Waals surface area contributed by atoms with E-state index >= 15 is 0 Å². The molecule has 0 aromatic heterocycles. The number of benzene rings is 2. The van der Waals surface area contributed by atoms with Crippen molar-refractivity contribution in [3.63, 3.8) is 0 Å². The summed E-state index contributed by atoms with van der Waals surface area (Å²) in [7, 11) is 0. The van der Waals surface area contributed by atoms with Crippen LogP contribution in [0.3, 0.4) is 0 Å². The maximum atomic E-state index is 2.18. The van der Waals surface area contributed by atoms with E-state index in [9.17, 15) is 0 Å². The molecule has 0 aliphatic carbocycles. The van der Waals surface area contributed by atoms with Gasteiger partial charge < -0.3 is 24.8 Å². The molecule has 0 spiro atoms. The van der Waals surface area contributed by atoms with Crippen LogP contribution in [0.1, 0.15) is 35.1 Å². The summed E-state index contributed by atoms with van der Waals surface area (Å²) in [6.45, 7) is 8.62. The summed E-state index contributed by atoms with van der Waals surface area (Å²) < 4.78 is 0. The third-order valence-electron chi connectivity index (χ3n) is 5.71. The van der Waals surface area contributed by atoms with E-state index in [4.69, 9.17) is 0 Å². The molecule has 4 heteroatoms. The molecular formula is C26H30Cl2HfSi-2. The summed E-state index contributed by atoms with van der Waals surface area (Å²) in [5, 5.41) is 5.57.